The number of aromatic hydroxyl groups is 1. The van der Waals surface area contributed by atoms with E-state index in [1.165, 1.54) is 24.1 Å². The van der Waals surface area contributed by atoms with Crippen molar-refractivity contribution < 1.29 is 19.1 Å². The summed E-state index contributed by atoms with van der Waals surface area (Å²) in [6, 6.07) is 5.80. The Hall–Kier alpha value is -3.20. The molecule has 1 fully saturated rings. The van der Waals surface area contributed by atoms with Gasteiger partial charge in [-0.05, 0) is 24.1 Å². The van der Waals surface area contributed by atoms with Crippen LogP contribution in [0.15, 0.2) is 29.1 Å². The molecule has 0 spiro atoms. The fourth-order valence-corrected chi connectivity index (χ4v) is 4.06. The SMILES string of the molecule is Cn1c(C(=O)N2CCNCC2)c2c(c(O)c1=O)C(=O)N(Cc1ccc(F)cc1)CC2. The molecule has 3 heterocycles. The maximum absolute atomic E-state index is 13.2. The third-order valence-electron chi connectivity index (χ3n) is 5.69. The first-order valence-corrected chi connectivity index (χ1v) is 9.87. The molecule has 8 nitrogen and oxygen atoms in total. The number of pyridine rings is 1. The van der Waals surface area contributed by atoms with Crippen molar-refractivity contribution in [2.24, 2.45) is 7.05 Å². The molecule has 2 N–H and O–H groups in total. The van der Waals surface area contributed by atoms with E-state index in [-0.39, 0.29) is 29.5 Å². The van der Waals surface area contributed by atoms with Crippen LogP contribution in [0.4, 0.5) is 4.39 Å². The molecular formula is C21H23FN4O4. The summed E-state index contributed by atoms with van der Waals surface area (Å²) >= 11 is 0. The van der Waals surface area contributed by atoms with Crippen LogP contribution in [0.3, 0.4) is 0 Å². The first-order valence-electron chi connectivity index (χ1n) is 9.87. The molecular weight excluding hydrogens is 391 g/mol. The third kappa shape index (κ3) is 3.45. The minimum atomic E-state index is -0.774. The summed E-state index contributed by atoms with van der Waals surface area (Å²) in [6.45, 7) is 2.87. The van der Waals surface area contributed by atoms with Crippen molar-refractivity contribution in [3.05, 3.63) is 62.8 Å². The van der Waals surface area contributed by atoms with Crippen molar-refractivity contribution in [2.45, 2.75) is 13.0 Å². The molecule has 9 heteroatoms. The van der Waals surface area contributed by atoms with Gasteiger partial charge in [0, 0.05) is 51.9 Å². The molecule has 1 aromatic carbocycles. The molecule has 2 aliphatic rings. The molecule has 1 aromatic heterocycles. The number of benzene rings is 1. The van der Waals surface area contributed by atoms with Gasteiger partial charge in [0.2, 0.25) is 0 Å². The normalized spacial score (nSPS) is 16.5. The summed E-state index contributed by atoms with van der Waals surface area (Å²) in [6.07, 6.45) is 0.330. The van der Waals surface area contributed by atoms with E-state index in [4.69, 9.17) is 0 Å². The van der Waals surface area contributed by atoms with Crippen molar-refractivity contribution in [1.82, 2.24) is 19.7 Å². The lowest BCUT2D eigenvalue weighted by molar-refractivity contribution is 0.0707. The van der Waals surface area contributed by atoms with E-state index in [0.717, 1.165) is 10.1 Å². The fraction of sp³-hybridized carbons (Fsp3) is 0.381. The zero-order chi connectivity index (χ0) is 21.4. The highest BCUT2D eigenvalue weighted by molar-refractivity contribution is 6.03. The largest absolute Gasteiger partial charge is 0.502 e. The van der Waals surface area contributed by atoms with Gasteiger partial charge in [-0.25, -0.2) is 4.39 Å². The Morgan fingerprint density at radius 1 is 1.13 bits per heavy atom. The van der Waals surface area contributed by atoms with Gasteiger partial charge < -0.3 is 24.8 Å². The molecule has 30 heavy (non-hydrogen) atoms. The summed E-state index contributed by atoms with van der Waals surface area (Å²) in [5.41, 5.74) is 0.408. The van der Waals surface area contributed by atoms with Crippen LogP contribution in [0.2, 0.25) is 0 Å². The van der Waals surface area contributed by atoms with Crippen LogP contribution in [-0.4, -0.2) is 64.0 Å². The standard InChI is InChI=1S/C21H23FN4O4/c1-24-17(20(29)25-10-7-23-8-11-25)15-6-9-26(12-13-2-4-14(22)5-3-13)19(28)16(15)18(27)21(24)30/h2-5,23,27H,6-12H2,1H3. The van der Waals surface area contributed by atoms with Crippen LogP contribution in [0.1, 0.15) is 32.0 Å². The summed E-state index contributed by atoms with van der Waals surface area (Å²) in [7, 11) is 1.44. The zero-order valence-electron chi connectivity index (χ0n) is 16.7. The topological polar surface area (TPSA) is 94.9 Å². The smallest absolute Gasteiger partial charge is 0.293 e. The van der Waals surface area contributed by atoms with Gasteiger partial charge in [-0.1, -0.05) is 12.1 Å². The molecule has 4 rings (SSSR count). The Labute approximate surface area is 172 Å². The minimum Gasteiger partial charge on any atom is -0.502 e. The van der Waals surface area contributed by atoms with Gasteiger partial charge in [0.1, 0.15) is 11.5 Å². The van der Waals surface area contributed by atoms with Crippen molar-refractivity contribution in [2.75, 3.05) is 32.7 Å². The average molecular weight is 414 g/mol. The second-order valence-corrected chi connectivity index (χ2v) is 7.56. The Kier molecular flexibility index (Phi) is 5.29. The van der Waals surface area contributed by atoms with Gasteiger partial charge in [-0.3, -0.25) is 14.4 Å². The van der Waals surface area contributed by atoms with Gasteiger partial charge in [0.25, 0.3) is 17.4 Å². The highest BCUT2D eigenvalue weighted by Crippen LogP contribution is 2.29. The van der Waals surface area contributed by atoms with E-state index >= 15 is 0 Å². The third-order valence-corrected chi connectivity index (χ3v) is 5.69. The van der Waals surface area contributed by atoms with Gasteiger partial charge in [0.05, 0.1) is 5.56 Å². The highest BCUT2D eigenvalue weighted by Gasteiger charge is 2.35. The number of halogens is 1. The summed E-state index contributed by atoms with van der Waals surface area (Å²) in [4.78, 5) is 42.1. The van der Waals surface area contributed by atoms with Crippen LogP contribution >= 0.6 is 0 Å². The van der Waals surface area contributed by atoms with Crippen LogP contribution in [0.25, 0.3) is 0 Å². The minimum absolute atomic E-state index is 0.107. The van der Waals surface area contributed by atoms with E-state index in [1.807, 2.05) is 0 Å². The molecule has 158 valence electrons. The van der Waals surface area contributed by atoms with Crippen LogP contribution in [0, 0.1) is 5.82 Å². The van der Waals surface area contributed by atoms with Crippen LogP contribution in [-0.2, 0) is 20.0 Å². The van der Waals surface area contributed by atoms with E-state index < -0.39 is 17.2 Å². The number of nitrogens with zero attached hydrogens (tertiary/aromatic N) is 3. The van der Waals surface area contributed by atoms with E-state index in [0.29, 0.717) is 44.7 Å². The number of hydrogen-bond acceptors (Lipinski definition) is 5. The summed E-state index contributed by atoms with van der Waals surface area (Å²) in [5.74, 6) is -1.83. The van der Waals surface area contributed by atoms with Gasteiger partial charge in [-0.2, -0.15) is 0 Å². The molecule has 0 atom stereocenters. The molecule has 2 aromatic rings. The van der Waals surface area contributed by atoms with Crippen molar-refractivity contribution in [3.63, 3.8) is 0 Å². The van der Waals surface area contributed by atoms with Crippen molar-refractivity contribution in [1.29, 1.82) is 0 Å². The molecule has 1 saturated heterocycles. The number of carbonyl (C=O) groups excluding carboxylic acids is 2. The van der Waals surface area contributed by atoms with E-state index in [2.05, 4.69) is 5.32 Å². The van der Waals surface area contributed by atoms with Crippen LogP contribution in [0.5, 0.6) is 5.75 Å². The molecule has 0 unspecified atom stereocenters. The maximum Gasteiger partial charge on any atom is 0.293 e. The zero-order valence-corrected chi connectivity index (χ0v) is 16.7. The van der Waals surface area contributed by atoms with Crippen molar-refractivity contribution >= 4 is 11.8 Å². The van der Waals surface area contributed by atoms with Gasteiger partial charge in [-0.15, -0.1) is 0 Å². The molecule has 0 bridgehead atoms. The van der Waals surface area contributed by atoms with Gasteiger partial charge >= 0.3 is 0 Å². The average Bonchev–Trinajstić information content (AvgIpc) is 2.76. The number of carbonyl (C=O) groups is 2. The van der Waals surface area contributed by atoms with E-state index in [1.54, 1.807) is 17.0 Å². The lowest BCUT2D eigenvalue weighted by atomic mass is 9.95. The first kappa shape index (κ1) is 20.1. The Balaban J connectivity index is 1.72. The number of aromatic nitrogens is 1. The Bertz CT molecular complexity index is 1060. The predicted molar refractivity (Wildman–Crippen MR) is 107 cm³/mol. The number of hydrogen-bond donors (Lipinski definition) is 2. The molecule has 2 aliphatic heterocycles. The van der Waals surface area contributed by atoms with Crippen molar-refractivity contribution in [3.8, 4) is 5.75 Å². The van der Waals surface area contributed by atoms with Crippen LogP contribution < -0.4 is 10.9 Å². The number of rotatable bonds is 3. The second kappa shape index (κ2) is 7.91. The lowest BCUT2D eigenvalue weighted by Gasteiger charge is -2.33. The van der Waals surface area contributed by atoms with Gasteiger partial charge in [0.15, 0.2) is 5.75 Å². The molecule has 2 amide bonds. The first-order chi connectivity index (χ1) is 14.4. The molecule has 0 aliphatic carbocycles. The lowest BCUT2D eigenvalue weighted by Crippen LogP contribution is -2.48. The summed E-state index contributed by atoms with van der Waals surface area (Å²) in [5, 5.41) is 13.6. The molecule has 0 radical (unpaired) electrons. The summed E-state index contributed by atoms with van der Waals surface area (Å²) < 4.78 is 14.3. The number of amides is 2. The Morgan fingerprint density at radius 3 is 2.47 bits per heavy atom. The monoisotopic (exact) mass is 414 g/mol. The number of nitrogens with one attached hydrogen (secondary N) is 1. The predicted octanol–water partition coefficient (Wildman–Crippen LogP) is 0.474. The Morgan fingerprint density at radius 2 is 1.80 bits per heavy atom. The molecule has 0 saturated carbocycles. The highest BCUT2D eigenvalue weighted by atomic mass is 19.1. The fourth-order valence-electron chi connectivity index (χ4n) is 4.06. The quantitative estimate of drug-likeness (QED) is 0.762. The number of fused-ring (bicyclic) bond motifs is 1. The second-order valence-electron chi connectivity index (χ2n) is 7.56. The maximum atomic E-state index is 13.2. The number of piperazine rings is 1. The van der Waals surface area contributed by atoms with E-state index in [9.17, 15) is 23.9 Å².